The van der Waals surface area contributed by atoms with Crippen LogP contribution in [-0.2, 0) is 16.4 Å². The zero-order chi connectivity index (χ0) is 7.82. The van der Waals surface area contributed by atoms with Gasteiger partial charge in [0.05, 0.1) is 0 Å². The lowest BCUT2D eigenvalue weighted by molar-refractivity contribution is -0.120. The van der Waals surface area contributed by atoms with Crippen LogP contribution in [-0.4, -0.2) is 14.2 Å². The monoisotopic (exact) mass is 162 g/mol. The van der Waals surface area contributed by atoms with Gasteiger partial charge in [-0.15, -0.1) is 0 Å². The van der Waals surface area contributed by atoms with Gasteiger partial charge in [-0.2, -0.15) is 8.42 Å². The molecule has 0 aliphatic heterocycles. The molecule has 0 spiro atoms. The summed E-state index contributed by atoms with van der Waals surface area (Å²) in [6, 6.07) is 0. The van der Waals surface area contributed by atoms with Crippen molar-refractivity contribution >= 4 is 17.4 Å². The fourth-order valence-corrected chi connectivity index (χ4v) is 0.946. The molecule has 4 heteroatoms. The van der Waals surface area contributed by atoms with Crippen molar-refractivity contribution in [3.63, 3.8) is 0 Å². The molecule has 0 N–H and O–H groups in total. The van der Waals surface area contributed by atoms with Crippen LogP contribution in [0.25, 0.3) is 0 Å². The largest absolute Gasteiger partial charge is 0.335 e. The van der Waals surface area contributed by atoms with Crippen LogP contribution >= 0.6 is 0 Å². The third-order valence-electron chi connectivity index (χ3n) is 1.41. The van der Waals surface area contributed by atoms with Crippen molar-refractivity contribution in [2.45, 2.75) is 32.1 Å². The summed E-state index contributed by atoms with van der Waals surface area (Å²) in [4.78, 5) is 10.5. The minimum atomic E-state index is -0.750. The molecule has 10 heavy (non-hydrogen) atoms. The highest BCUT2D eigenvalue weighted by molar-refractivity contribution is 7.51. The van der Waals surface area contributed by atoms with Crippen LogP contribution in [0.2, 0.25) is 0 Å². The first kappa shape index (κ1) is 9.49. The Morgan fingerprint density at radius 1 is 1.00 bits per heavy atom. The van der Waals surface area contributed by atoms with Crippen LogP contribution in [0.15, 0.2) is 0 Å². The van der Waals surface area contributed by atoms with E-state index in [0.717, 1.165) is 25.7 Å². The summed E-state index contributed by atoms with van der Waals surface area (Å²) < 4.78 is 16.6. The van der Waals surface area contributed by atoms with Crippen LogP contribution in [0.5, 0.6) is 0 Å². The molecule has 0 radical (unpaired) electrons. The number of Topliss-reactive ketones (excluding diaryl/α,β-unsaturated/α-hetero) is 1. The number of carbonyl (C=O) groups is 1. The van der Waals surface area contributed by atoms with Gasteiger partial charge in [0.2, 0.25) is 0 Å². The molecule has 1 fully saturated rings. The van der Waals surface area contributed by atoms with Gasteiger partial charge in [-0.1, -0.05) is 6.42 Å². The molecule has 3 nitrogen and oxygen atoms in total. The van der Waals surface area contributed by atoms with E-state index in [4.69, 9.17) is 8.42 Å². The maximum atomic E-state index is 10.5. The van der Waals surface area contributed by atoms with Crippen molar-refractivity contribution < 1.29 is 13.2 Å². The summed E-state index contributed by atoms with van der Waals surface area (Å²) >= 11 is -0.750. The molecule has 0 unspecified atom stereocenters. The predicted octanol–water partition coefficient (Wildman–Crippen LogP) is 0.849. The van der Waals surface area contributed by atoms with E-state index >= 15 is 0 Å². The highest BCUT2D eigenvalue weighted by Crippen LogP contribution is 2.12. The second-order valence-electron chi connectivity index (χ2n) is 2.17. The van der Waals surface area contributed by atoms with Gasteiger partial charge in [0.15, 0.2) is 0 Å². The standard InChI is InChI=1S/C6H10O.O2S/c7-6-4-2-1-3-5-6;1-3-2/h1-5H2;. The van der Waals surface area contributed by atoms with E-state index in [1.807, 2.05) is 0 Å². The number of rotatable bonds is 0. The third-order valence-corrected chi connectivity index (χ3v) is 1.41. The molecular formula is C6H10O3S. The maximum Gasteiger partial charge on any atom is 0.335 e. The third kappa shape index (κ3) is 5.62. The molecule has 0 atom stereocenters. The van der Waals surface area contributed by atoms with Crippen LogP contribution in [0.4, 0.5) is 0 Å². The Balaban J connectivity index is 0.000000236. The van der Waals surface area contributed by atoms with Crippen molar-refractivity contribution in [1.82, 2.24) is 0 Å². The molecular weight excluding hydrogens is 152 g/mol. The summed E-state index contributed by atoms with van der Waals surface area (Å²) in [5.41, 5.74) is 0. The van der Waals surface area contributed by atoms with Crippen LogP contribution in [0, 0.1) is 0 Å². The van der Waals surface area contributed by atoms with Gasteiger partial charge in [-0.3, -0.25) is 4.79 Å². The Hall–Kier alpha value is -0.510. The van der Waals surface area contributed by atoms with E-state index in [9.17, 15) is 4.79 Å². The highest BCUT2D eigenvalue weighted by Gasteiger charge is 2.05. The Labute approximate surface area is 63.4 Å². The molecule has 0 bridgehead atoms. The Morgan fingerprint density at radius 3 is 1.60 bits per heavy atom. The first-order valence-electron chi connectivity index (χ1n) is 3.24. The quantitative estimate of drug-likeness (QED) is 0.530. The molecule has 0 aromatic rings. The lowest BCUT2D eigenvalue weighted by Gasteiger charge is -2.05. The number of carbonyl (C=O) groups excluding carboxylic acids is 1. The van der Waals surface area contributed by atoms with E-state index in [1.54, 1.807) is 0 Å². The lowest BCUT2D eigenvalue weighted by Crippen LogP contribution is -2.02. The van der Waals surface area contributed by atoms with Gasteiger partial charge in [0, 0.05) is 12.8 Å². The van der Waals surface area contributed by atoms with E-state index < -0.39 is 11.6 Å². The highest BCUT2D eigenvalue weighted by atomic mass is 32.1. The first-order valence-corrected chi connectivity index (χ1v) is 3.91. The number of hydrogen-bond acceptors (Lipinski definition) is 3. The molecule has 1 rings (SSSR count). The summed E-state index contributed by atoms with van der Waals surface area (Å²) in [7, 11) is 0. The van der Waals surface area contributed by atoms with E-state index in [2.05, 4.69) is 0 Å². The molecule has 1 aliphatic rings. The molecule has 1 aliphatic carbocycles. The van der Waals surface area contributed by atoms with Crippen LogP contribution in [0.3, 0.4) is 0 Å². The topological polar surface area (TPSA) is 51.2 Å². The summed E-state index contributed by atoms with van der Waals surface area (Å²) in [6.07, 6.45) is 5.24. The van der Waals surface area contributed by atoms with E-state index in [1.165, 1.54) is 6.42 Å². The Kier molecular flexibility index (Phi) is 6.27. The molecule has 0 heterocycles. The van der Waals surface area contributed by atoms with Gasteiger partial charge in [0.1, 0.15) is 5.78 Å². The minimum absolute atomic E-state index is 0.464. The Morgan fingerprint density at radius 2 is 1.40 bits per heavy atom. The average molecular weight is 162 g/mol. The SMILES string of the molecule is O=C1CCCCC1.O=S=O. The Bertz CT molecular complexity index is 130. The normalized spacial score (nSPS) is 17.0. The van der Waals surface area contributed by atoms with Crippen molar-refractivity contribution in [3.05, 3.63) is 0 Å². The van der Waals surface area contributed by atoms with Crippen LogP contribution < -0.4 is 0 Å². The zero-order valence-electron chi connectivity index (χ0n) is 5.67. The molecule has 1 saturated carbocycles. The average Bonchev–Trinajstić information content (AvgIpc) is 1.91. The molecule has 0 aromatic heterocycles. The lowest BCUT2D eigenvalue weighted by atomic mass is 10.00. The van der Waals surface area contributed by atoms with Gasteiger partial charge in [0.25, 0.3) is 0 Å². The second kappa shape index (κ2) is 6.61. The van der Waals surface area contributed by atoms with Gasteiger partial charge in [-0.25, -0.2) is 0 Å². The maximum absolute atomic E-state index is 10.5. The minimum Gasteiger partial charge on any atom is -0.300 e. The van der Waals surface area contributed by atoms with Gasteiger partial charge < -0.3 is 0 Å². The van der Waals surface area contributed by atoms with Crippen molar-refractivity contribution in [1.29, 1.82) is 0 Å². The smallest absolute Gasteiger partial charge is 0.300 e. The molecule has 0 aromatic carbocycles. The summed E-state index contributed by atoms with van der Waals surface area (Å²) in [6.45, 7) is 0. The van der Waals surface area contributed by atoms with Crippen LogP contribution in [0.1, 0.15) is 32.1 Å². The van der Waals surface area contributed by atoms with Crippen molar-refractivity contribution in [3.8, 4) is 0 Å². The van der Waals surface area contributed by atoms with Gasteiger partial charge >= 0.3 is 11.6 Å². The van der Waals surface area contributed by atoms with E-state index in [0.29, 0.717) is 5.78 Å². The summed E-state index contributed by atoms with van der Waals surface area (Å²) in [5.74, 6) is 0.464. The number of ketones is 1. The fourth-order valence-electron chi connectivity index (χ4n) is 0.946. The predicted molar refractivity (Wildman–Crippen MR) is 37.0 cm³/mol. The second-order valence-corrected chi connectivity index (χ2v) is 2.30. The fraction of sp³-hybridized carbons (Fsp3) is 0.833. The molecule has 58 valence electrons. The van der Waals surface area contributed by atoms with Crippen molar-refractivity contribution in [2.24, 2.45) is 0 Å². The van der Waals surface area contributed by atoms with Gasteiger partial charge in [-0.05, 0) is 12.8 Å². The van der Waals surface area contributed by atoms with Crippen molar-refractivity contribution in [2.75, 3.05) is 0 Å². The molecule has 0 saturated heterocycles. The molecule has 0 amide bonds. The zero-order valence-corrected chi connectivity index (χ0v) is 6.49. The first-order chi connectivity index (χ1) is 4.81. The number of hydrogen-bond donors (Lipinski definition) is 0. The summed E-state index contributed by atoms with van der Waals surface area (Å²) in [5, 5.41) is 0. The van der Waals surface area contributed by atoms with E-state index in [-0.39, 0.29) is 0 Å².